The van der Waals surface area contributed by atoms with Crippen LogP contribution >= 0.6 is 0 Å². The van der Waals surface area contributed by atoms with Crippen LogP contribution in [0.15, 0.2) is 24.3 Å². The Balaban J connectivity index is 2.81. The van der Waals surface area contributed by atoms with Crippen molar-refractivity contribution in [3.05, 3.63) is 35.4 Å². The van der Waals surface area contributed by atoms with Gasteiger partial charge in [-0.05, 0) is 12.5 Å². The molecule has 0 aliphatic carbocycles. The second-order valence-electron chi connectivity index (χ2n) is 2.61. The highest BCUT2D eigenvalue weighted by atomic mass is 19.1. The van der Waals surface area contributed by atoms with Crippen LogP contribution in [0.1, 0.15) is 17.3 Å². The Morgan fingerprint density at radius 2 is 1.91 bits per heavy atom. The van der Waals surface area contributed by atoms with Crippen LogP contribution in [0.25, 0.3) is 0 Å². The zero-order chi connectivity index (χ0) is 8.27. The van der Waals surface area contributed by atoms with Gasteiger partial charge in [0.1, 0.15) is 6.17 Å². The number of nitrogens with two attached hydrogens (primary N) is 1. The topological polar surface area (TPSA) is 26.0 Å². The average molecular weight is 153 g/mol. The standard InChI is InChI=1S/C9H12FN/c1-7-2-4-8(5-3-7)9(10)6-11/h2-5,9H,6,11H2,1H3. The first kappa shape index (κ1) is 8.21. The van der Waals surface area contributed by atoms with Gasteiger partial charge in [-0.3, -0.25) is 0 Å². The molecule has 0 aliphatic rings. The van der Waals surface area contributed by atoms with Gasteiger partial charge < -0.3 is 5.73 Å². The van der Waals surface area contributed by atoms with Crippen molar-refractivity contribution >= 4 is 0 Å². The van der Waals surface area contributed by atoms with E-state index in [1.807, 2.05) is 19.1 Å². The molecule has 60 valence electrons. The monoisotopic (exact) mass is 153 g/mol. The highest BCUT2D eigenvalue weighted by Gasteiger charge is 2.04. The number of halogens is 1. The fourth-order valence-corrected chi connectivity index (χ4v) is 0.911. The van der Waals surface area contributed by atoms with E-state index in [0.717, 1.165) is 5.56 Å². The average Bonchev–Trinajstić information content (AvgIpc) is 2.05. The fraction of sp³-hybridized carbons (Fsp3) is 0.333. The summed E-state index contributed by atoms with van der Waals surface area (Å²) in [7, 11) is 0. The molecule has 1 aromatic carbocycles. The summed E-state index contributed by atoms with van der Waals surface area (Å²) in [5, 5.41) is 0. The van der Waals surface area contributed by atoms with Crippen LogP contribution in [0.4, 0.5) is 4.39 Å². The molecule has 0 spiro atoms. The van der Waals surface area contributed by atoms with E-state index in [1.54, 1.807) is 12.1 Å². The maximum Gasteiger partial charge on any atom is 0.137 e. The fourth-order valence-electron chi connectivity index (χ4n) is 0.911. The minimum Gasteiger partial charge on any atom is -0.327 e. The summed E-state index contributed by atoms with van der Waals surface area (Å²) < 4.78 is 12.9. The summed E-state index contributed by atoms with van der Waals surface area (Å²) >= 11 is 0. The number of rotatable bonds is 2. The smallest absolute Gasteiger partial charge is 0.137 e. The van der Waals surface area contributed by atoms with E-state index in [-0.39, 0.29) is 6.54 Å². The van der Waals surface area contributed by atoms with E-state index in [0.29, 0.717) is 5.56 Å². The van der Waals surface area contributed by atoms with E-state index in [2.05, 4.69) is 0 Å². The maximum absolute atomic E-state index is 12.9. The van der Waals surface area contributed by atoms with Crippen molar-refractivity contribution in [1.82, 2.24) is 0 Å². The van der Waals surface area contributed by atoms with Gasteiger partial charge in [0.05, 0.1) is 0 Å². The molecule has 0 radical (unpaired) electrons. The van der Waals surface area contributed by atoms with E-state index >= 15 is 0 Å². The first-order valence-electron chi connectivity index (χ1n) is 3.64. The van der Waals surface area contributed by atoms with Crippen molar-refractivity contribution < 1.29 is 4.39 Å². The highest BCUT2D eigenvalue weighted by Crippen LogP contribution is 2.15. The van der Waals surface area contributed by atoms with Crippen LogP contribution in [-0.4, -0.2) is 6.54 Å². The SMILES string of the molecule is Cc1ccc(C(F)CN)cc1. The zero-order valence-corrected chi connectivity index (χ0v) is 6.55. The quantitative estimate of drug-likeness (QED) is 0.690. The molecule has 0 aliphatic heterocycles. The molecule has 2 N–H and O–H groups in total. The summed E-state index contributed by atoms with van der Waals surface area (Å²) in [6.45, 7) is 2.03. The summed E-state index contributed by atoms with van der Waals surface area (Å²) in [5.74, 6) is 0. The van der Waals surface area contributed by atoms with E-state index in [4.69, 9.17) is 5.73 Å². The van der Waals surface area contributed by atoms with Crippen LogP contribution < -0.4 is 5.73 Å². The minimum absolute atomic E-state index is 0.0586. The van der Waals surface area contributed by atoms with Gasteiger partial charge in [-0.15, -0.1) is 0 Å². The number of benzene rings is 1. The third kappa shape index (κ3) is 2.02. The van der Waals surface area contributed by atoms with Crippen molar-refractivity contribution in [3.8, 4) is 0 Å². The van der Waals surface area contributed by atoms with E-state index < -0.39 is 6.17 Å². The molecule has 11 heavy (non-hydrogen) atoms. The molecule has 0 aromatic heterocycles. The predicted molar refractivity (Wildman–Crippen MR) is 44.1 cm³/mol. The summed E-state index contributed by atoms with van der Waals surface area (Å²) in [4.78, 5) is 0. The van der Waals surface area contributed by atoms with Crippen molar-refractivity contribution in [1.29, 1.82) is 0 Å². The lowest BCUT2D eigenvalue weighted by atomic mass is 10.1. The molecule has 1 nitrogen and oxygen atoms in total. The molecule has 1 atom stereocenters. The molecule has 1 unspecified atom stereocenters. The Morgan fingerprint density at radius 1 is 1.36 bits per heavy atom. The number of hydrogen-bond donors (Lipinski definition) is 1. The molecule has 1 rings (SSSR count). The van der Waals surface area contributed by atoms with Gasteiger partial charge in [-0.2, -0.15) is 0 Å². The van der Waals surface area contributed by atoms with Gasteiger partial charge in [0.25, 0.3) is 0 Å². The number of hydrogen-bond acceptors (Lipinski definition) is 1. The zero-order valence-electron chi connectivity index (χ0n) is 6.55. The molecule has 0 saturated heterocycles. The third-order valence-corrected chi connectivity index (χ3v) is 1.65. The van der Waals surface area contributed by atoms with Crippen LogP contribution in [-0.2, 0) is 0 Å². The van der Waals surface area contributed by atoms with Gasteiger partial charge >= 0.3 is 0 Å². The molecule has 2 heteroatoms. The number of aryl methyl sites for hydroxylation is 1. The Morgan fingerprint density at radius 3 is 2.36 bits per heavy atom. The van der Waals surface area contributed by atoms with Gasteiger partial charge in [0.2, 0.25) is 0 Å². The lowest BCUT2D eigenvalue weighted by Gasteiger charge is -2.04. The Hall–Kier alpha value is -0.890. The molecule has 0 bridgehead atoms. The molecule has 1 aromatic rings. The molecular formula is C9H12FN. The van der Waals surface area contributed by atoms with Crippen LogP contribution in [0.2, 0.25) is 0 Å². The summed E-state index contributed by atoms with van der Waals surface area (Å²) in [6, 6.07) is 7.31. The maximum atomic E-state index is 12.9. The van der Waals surface area contributed by atoms with Crippen molar-refractivity contribution in [3.63, 3.8) is 0 Å². The van der Waals surface area contributed by atoms with Crippen LogP contribution in [0, 0.1) is 6.92 Å². The summed E-state index contributed by atoms with van der Waals surface area (Å²) in [5.41, 5.74) is 6.97. The van der Waals surface area contributed by atoms with Crippen LogP contribution in [0.5, 0.6) is 0 Å². The Kier molecular flexibility index (Phi) is 2.60. The molecular weight excluding hydrogens is 141 g/mol. The number of alkyl halides is 1. The first-order chi connectivity index (χ1) is 5.24. The van der Waals surface area contributed by atoms with Crippen molar-refractivity contribution in [2.24, 2.45) is 5.73 Å². The Labute approximate surface area is 66.0 Å². The minimum atomic E-state index is -1.02. The van der Waals surface area contributed by atoms with Gasteiger partial charge in [0.15, 0.2) is 0 Å². The lowest BCUT2D eigenvalue weighted by molar-refractivity contribution is 0.353. The summed E-state index contributed by atoms with van der Waals surface area (Å²) in [6.07, 6.45) is -1.02. The lowest BCUT2D eigenvalue weighted by Crippen LogP contribution is -2.07. The van der Waals surface area contributed by atoms with E-state index in [9.17, 15) is 4.39 Å². The Bertz CT molecular complexity index is 218. The molecule has 0 amide bonds. The highest BCUT2D eigenvalue weighted by molar-refractivity contribution is 5.23. The second-order valence-corrected chi connectivity index (χ2v) is 2.61. The van der Waals surface area contributed by atoms with Gasteiger partial charge in [0, 0.05) is 6.54 Å². The normalized spacial score (nSPS) is 13.0. The van der Waals surface area contributed by atoms with Gasteiger partial charge in [-0.1, -0.05) is 29.8 Å². The molecule has 0 fully saturated rings. The first-order valence-corrected chi connectivity index (χ1v) is 3.64. The molecule has 0 saturated carbocycles. The largest absolute Gasteiger partial charge is 0.327 e. The van der Waals surface area contributed by atoms with E-state index in [1.165, 1.54) is 0 Å². The predicted octanol–water partition coefficient (Wildman–Crippen LogP) is 1.96. The second kappa shape index (κ2) is 3.49. The van der Waals surface area contributed by atoms with Gasteiger partial charge in [-0.25, -0.2) is 4.39 Å². The molecule has 0 heterocycles. The van der Waals surface area contributed by atoms with Crippen molar-refractivity contribution in [2.75, 3.05) is 6.54 Å². The van der Waals surface area contributed by atoms with Crippen LogP contribution in [0.3, 0.4) is 0 Å². The van der Waals surface area contributed by atoms with Crippen molar-refractivity contribution in [2.45, 2.75) is 13.1 Å². The third-order valence-electron chi connectivity index (χ3n) is 1.65.